The molecule has 0 spiro atoms. The van der Waals surface area contributed by atoms with Crippen LogP contribution < -0.4 is 20.7 Å². The topological polar surface area (TPSA) is 4.93 Å². The van der Waals surface area contributed by atoms with Crippen molar-refractivity contribution in [3.8, 4) is 16.8 Å². The zero-order valence-electron chi connectivity index (χ0n) is 34.2. The van der Waals surface area contributed by atoms with Crippen molar-refractivity contribution in [2.24, 2.45) is 0 Å². The maximum Gasteiger partial charge on any atom is 0.179 e. The van der Waals surface area contributed by atoms with E-state index in [-0.39, 0.29) is 10.8 Å². The molecule has 0 amide bonds. The summed E-state index contributed by atoms with van der Waals surface area (Å²) >= 11 is 1.90. The van der Waals surface area contributed by atoms with Crippen LogP contribution in [-0.2, 0) is 10.8 Å². The molecule has 1 nitrogen and oxygen atoms in total. The summed E-state index contributed by atoms with van der Waals surface area (Å²) in [6.07, 6.45) is 2.39. The lowest BCUT2D eigenvalue weighted by Crippen LogP contribution is -2.75. The summed E-state index contributed by atoms with van der Waals surface area (Å²) in [6, 6.07) is 71.7. The van der Waals surface area contributed by atoms with E-state index in [9.17, 15) is 0 Å². The quantitative estimate of drug-likeness (QED) is 0.117. The first-order valence-electron chi connectivity index (χ1n) is 21.1. The summed E-state index contributed by atoms with van der Waals surface area (Å²) in [7, 11) is -2.85. The van der Waals surface area contributed by atoms with Crippen LogP contribution in [0.1, 0.15) is 51.7 Å². The van der Waals surface area contributed by atoms with Crippen LogP contribution >= 0.6 is 11.3 Å². The lowest BCUT2D eigenvalue weighted by molar-refractivity contribution is 0.332. The summed E-state index contributed by atoms with van der Waals surface area (Å²) < 4.78 is 5.19. The second kappa shape index (κ2) is 13.5. The van der Waals surface area contributed by atoms with Crippen molar-refractivity contribution in [3.63, 3.8) is 0 Å². The molecule has 8 aromatic carbocycles. The van der Waals surface area contributed by atoms with E-state index in [1.54, 1.807) is 0 Å². The van der Waals surface area contributed by atoms with Gasteiger partial charge in [0.15, 0.2) is 8.07 Å². The maximum absolute atomic E-state index is 2.85. The van der Waals surface area contributed by atoms with Gasteiger partial charge in [-0.3, -0.25) is 0 Å². The Morgan fingerprint density at radius 2 is 1.03 bits per heavy atom. The van der Waals surface area contributed by atoms with Crippen LogP contribution in [0.5, 0.6) is 0 Å². The normalized spacial score (nSPS) is 14.9. The molecule has 2 heterocycles. The van der Waals surface area contributed by atoms with Crippen LogP contribution in [0.2, 0.25) is 0 Å². The Balaban J connectivity index is 1.15. The minimum absolute atomic E-state index is 0.0978. The van der Waals surface area contributed by atoms with Crippen LogP contribution in [0.3, 0.4) is 0 Å². The van der Waals surface area contributed by atoms with E-state index in [0.717, 1.165) is 0 Å². The van der Waals surface area contributed by atoms with E-state index in [0.29, 0.717) is 0 Å². The van der Waals surface area contributed by atoms with Gasteiger partial charge in [0.1, 0.15) is 0 Å². The molecule has 1 aliphatic carbocycles. The lowest BCUT2D eigenvalue weighted by Gasteiger charge is -2.43. The standard InChI is InChI=1S/C56H47NSSi/c1-55(2)33-34-56(3,4)50-37-43(30-31-49(50)55)59(40-18-7-5-8-19-40,41-20-9-6-10-21-41)42-22-15-17-39(36-42)57-51-27-13-11-23-45(51)48-35-38(29-32-52(48)57)44-25-16-26-47-46-24-12-14-28-53(46)58-54(44)47/h5-32,35-37H,33-34H2,1-4H3. The first kappa shape index (κ1) is 36.1. The molecule has 11 rings (SSSR count). The highest BCUT2D eigenvalue weighted by molar-refractivity contribution is 7.26. The van der Waals surface area contributed by atoms with Crippen molar-refractivity contribution >= 4 is 82.1 Å². The van der Waals surface area contributed by atoms with Gasteiger partial charge in [-0.2, -0.15) is 0 Å². The number of aromatic nitrogens is 1. The average molecular weight is 794 g/mol. The highest BCUT2D eigenvalue weighted by Crippen LogP contribution is 2.46. The molecule has 2 aromatic heterocycles. The molecule has 1 aliphatic rings. The molecule has 3 heteroatoms. The van der Waals surface area contributed by atoms with Crippen LogP contribution in [0.15, 0.2) is 188 Å². The SMILES string of the molecule is CC1(C)CCC(C)(C)c2cc([Si](c3ccccc3)(c3ccccc3)c3cccc(-n4c5ccccc5c5cc(-c6cccc7c6sc6ccccc67)ccc54)c3)ccc21. The molecule has 0 radical (unpaired) electrons. The summed E-state index contributed by atoms with van der Waals surface area (Å²) in [5.41, 5.74) is 9.44. The van der Waals surface area contributed by atoms with Gasteiger partial charge >= 0.3 is 0 Å². The Labute approximate surface area is 352 Å². The van der Waals surface area contributed by atoms with Crippen LogP contribution in [0.4, 0.5) is 0 Å². The molecule has 0 atom stereocenters. The van der Waals surface area contributed by atoms with Gasteiger partial charge in [0.2, 0.25) is 0 Å². The minimum atomic E-state index is -2.85. The predicted octanol–water partition coefficient (Wildman–Crippen LogP) is 12.5. The Hall–Kier alpha value is -6.00. The van der Waals surface area contributed by atoms with Gasteiger partial charge < -0.3 is 4.57 Å². The van der Waals surface area contributed by atoms with Gasteiger partial charge in [-0.15, -0.1) is 11.3 Å². The van der Waals surface area contributed by atoms with Crippen molar-refractivity contribution in [1.82, 2.24) is 4.57 Å². The highest BCUT2D eigenvalue weighted by Gasteiger charge is 2.44. The Kier molecular flexibility index (Phi) is 8.28. The van der Waals surface area contributed by atoms with Gasteiger partial charge in [0, 0.05) is 36.6 Å². The molecular weight excluding hydrogens is 747 g/mol. The summed E-state index contributed by atoms with van der Waals surface area (Å²) in [6.45, 7) is 9.78. The van der Waals surface area contributed by atoms with Gasteiger partial charge in [-0.05, 0) is 103 Å². The lowest BCUT2D eigenvalue weighted by atomic mass is 9.63. The Morgan fingerprint density at radius 1 is 0.441 bits per heavy atom. The number of hydrogen-bond donors (Lipinski definition) is 0. The molecule has 0 bridgehead atoms. The van der Waals surface area contributed by atoms with Gasteiger partial charge in [-0.1, -0.05) is 179 Å². The first-order valence-corrected chi connectivity index (χ1v) is 23.9. The molecule has 0 fully saturated rings. The summed E-state index contributed by atoms with van der Waals surface area (Å²) in [4.78, 5) is 0. The molecule has 0 saturated heterocycles. The number of rotatable bonds is 6. The number of fused-ring (bicyclic) bond motifs is 7. The fourth-order valence-corrected chi connectivity index (χ4v) is 16.5. The summed E-state index contributed by atoms with van der Waals surface area (Å²) in [5, 5.41) is 10.8. The van der Waals surface area contributed by atoms with Gasteiger partial charge in [0.25, 0.3) is 0 Å². The molecule has 0 aliphatic heterocycles. The second-order valence-corrected chi connectivity index (χ2v) is 22.8. The van der Waals surface area contributed by atoms with E-state index < -0.39 is 8.07 Å². The van der Waals surface area contributed by atoms with Crippen LogP contribution in [0.25, 0.3) is 58.8 Å². The minimum Gasteiger partial charge on any atom is -0.309 e. The zero-order valence-corrected chi connectivity index (χ0v) is 36.0. The smallest absolute Gasteiger partial charge is 0.179 e. The molecule has 0 unspecified atom stereocenters. The molecule has 0 N–H and O–H groups in total. The molecule has 286 valence electrons. The number of nitrogens with zero attached hydrogens (tertiary/aromatic N) is 1. The van der Waals surface area contributed by atoms with Gasteiger partial charge in [0.05, 0.1) is 11.0 Å². The fraction of sp³-hybridized carbons (Fsp3) is 0.143. The van der Waals surface area contributed by atoms with Crippen LogP contribution in [-0.4, -0.2) is 12.6 Å². The van der Waals surface area contributed by atoms with E-state index >= 15 is 0 Å². The van der Waals surface area contributed by atoms with E-state index in [2.05, 4.69) is 220 Å². The first-order chi connectivity index (χ1) is 28.7. The molecule has 59 heavy (non-hydrogen) atoms. The zero-order chi connectivity index (χ0) is 39.9. The van der Waals surface area contributed by atoms with Crippen molar-refractivity contribution in [2.45, 2.75) is 51.4 Å². The van der Waals surface area contributed by atoms with E-state index in [4.69, 9.17) is 0 Å². The molecule has 10 aromatic rings. The largest absolute Gasteiger partial charge is 0.309 e. The third-order valence-corrected chi connectivity index (χ3v) is 19.6. The van der Waals surface area contributed by atoms with E-state index in [1.807, 2.05) is 11.3 Å². The maximum atomic E-state index is 2.63. The van der Waals surface area contributed by atoms with Crippen molar-refractivity contribution < 1.29 is 0 Å². The van der Waals surface area contributed by atoms with Crippen molar-refractivity contribution in [3.05, 3.63) is 199 Å². The third kappa shape index (κ3) is 5.55. The number of hydrogen-bond acceptors (Lipinski definition) is 1. The van der Waals surface area contributed by atoms with Crippen molar-refractivity contribution in [2.75, 3.05) is 0 Å². The monoisotopic (exact) mass is 793 g/mol. The van der Waals surface area contributed by atoms with Crippen molar-refractivity contribution in [1.29, 1.82) is 0 Å². The number of benzene rings is 8. The predicted molar refractivity (Wildman–Crippen MR) is 258 cm³/mol. The average Bonchev–Trinajstić information content (AvgIpc) is 3.82. The number of para-hydroxylation sites is 1. The third-order valence-electron chi connectivity index (χ3n) is 13.6. The highest BCUT2D eigenvalue weighted by atomic mass is 32.1. The molecular formula is C56H47NSSi. The van der Waals surface area contributed by atoms with Crippen LogP contribution in [0, 0.1) is 0 Å². The summed E-state index contributed by atoms with van der Waals surface area (Å²) in [5.74, 6) is 0. The Bertz CT molecular complexity index is 3180. The second-order valence-electron chi connectivity index (χ2n) is 17.9. The van der Waals surface area contributed by atoms with E-state index in [1.165, 1.54) is 104 Å². The number of thiophene rings is 1. The fourth-order valence-electron chi connectivity index (χ4n) is 10.5. The van der Waals surface area contributed by atoms with Gasteiger partial charge in [-0.25, -0.2) is 0 Å². The molecule has 0 saturated carbocycles. The Morgan fingerprint density at radius 3 is 1.80 bits per heavy atom.